The molecule has 1 aliphatic heterocycles. The molecule has 0 aromatic heterocycles. The third kappa shape index (κ3) is 3.52. The highest BCUT2D eigenvalue weighted by atomic mass is 32.2. The molecule has 1 saturated carbocycles. The zero-order valence-corrected chi connectivity index (χ0v) is 13.9. The minimum absolute atomic E-state index is 0.153. The molecule has 1 aromatic rings. The van der Waals surface area contributed by atoms with Gasteiger partial charge in [-0.25, -0.2) is 9.18 Å². The van der Waals surface area contributed by atoms with Crippen molar-refractivity contribution in [1.29, 1.82) is 0 Å². The van der Waals surface area contributed by atoms with Crippen LogP contribution in [0.15, 0.2) is 24.3 Å². The standard InChI is InChI=1S/C17H21FN2O2S/c1-11-15(12-7-9-13(18)10-8-12)23-17(22)20(11)16(21)19-14-5-3-2-4-6-14/h7-11,14-15H,2-6H2,1H3,(H,19,21). The molecule has 3 rings (SSSR count). The van der Waals surface area contributed by atoms with Crippen LogP contribution in [0.4, 0.5) is 14.0 Å². The number of carbonyl (C=O) groups is 2. The van der Waals surface area contributed by atoms with E-state index < -0.39 is 0 Å². The Morgan fingerprint density at radius 2 is 1.87 bits per heavy atom. The fourth-order valence-corrected chi connectivity index (χ4v) is 4.52. The van der Waals surface area contributed by atoms with Crippen LogP contribution in [0.2, 0.25) is 0 Å². The van der Waals surface area contributed by atoms with Gasteiger partial charge in [0, 0.05) is 6.04 Å². The Kier molecular flexibility index (Phi) is 4.90. The number of carbonyl (C=O) groups excluding carboxylic acids is 2. The van der Waals surface area contributed by atoms with Gasteiger partial charge in [-0.3, -0.25) is 9.69 Å². The first-order valence-corrected chi connectivity index (χ1v) is 9.00. The highest BCUT2D eigenvalue weighted by Gasteiger charge is 2.42. The van der Waals surface area contributed by atoms with Gasteiger partial charge in [0.25, 0.3) is 5.24 Å². The first-order chi connectivity index (χ1) is 11.1. The Balaban J connectivity index is 1.69. The summed E-state index contributed by atoms with van der Waals surface area (Å²) >= 11 is 1.13. The van der Waals surface area contributed by atoms with Gasteiger partial charge in [-0.1, -0.05) is 43.2 Å². The smallest absolute Gasteiger partial charge is 0.325 e. The number of nitrogens with zero attached hydrogens (tertiary/aromatic N) is 1. The highest BCUT2D eigenvalue weighted by Crippen LogP contribution is 2.43. The second-order valence-corrected chi connectivity index (χ2v) is 7.34. The lowest BCUT2D eigenvalue weighted by Crippen LogP contribution is -2.48. The quantitative estimate of drug-likeness (QED) is 0.867. The van der Waals surface area contributed by atoms with Crippen LogP contribution >= 0.6 is 11.8 Å². The van der Waals surface area contributed by atoms with Gasteiger partial charge in [-0.15, -0.1) is 0 Å². The van der Waals surface area contributed by atoms with E-state index in [0.717, 1.165) is 43.0 Å². The minimum Gasteiger partial charge on any atom is -0.335 e. The first kappa shape index (κ1) is 16.3. The van der Waals surface area contributed by atoms with Crippen molar-refractivity contribution in [3.05, 3.63) is 35.6 Å². The van der Waals surface area contributed by atoms with Gasteiger partial charge in [0.2, 0.25) is 0 Å². The van der Waals surface area contributed by atoms with Crippen molar-refractivity contribution in [2.75, 3.05) is 0 Å². The number of urea groups is 1. The summed E-state index contributed by atoms with van der Waals surface area (Å²) in [5.41, 5.74) is 0.866. The van der Waals surface area contributed by atoms with Crippen LogP contribution in [-0.2, 0) is 0 Å². The molecule has 1 N–H and O–H groups in total. The van der Waals surface area contributed by atoms with E-state index in [0.29, 0.717) is 0 Å². The summed E-state index contributed by atoms with van der Waals surface area (Å²) < 4.78 is 13.1. The molecule has 4 nitrogen and oxygen atoms in total. The molecule has 1 aromatic carbocycles. The van der Waals surface area contributed by atoms with E-state index in [1.807, 2.05) is 6.92 Å². The molecular formula is C17H21FN2O2S. The molecule has 2 aliphatic rings. The Morgan fingerprint density at radius 1 is 1.22 bits per heavy atom. The molecule has 1 saturated heterocycles. The van der Waals surface area contributed by atoms with E-state index in [1.54, 1.807) is 12.1 Å². The molecule has 1 aliphatic carbocycles. The van der Waals surface area contributed by atoms with E-state index in [1.165, 1.54) is 23.5 Å². The average molecular weight is 336 g/mol. The number of hydrogen-bond donors (Lipinski definition) is 1. The van der Waals surface area contributed by atoms with Crippen molar-refractivity contribution in [2.45, 2.75) is 56.4 Å². The maximum Gasteiger partial charge on any atom is 0.325 e. The minimum atomic E-state index is -0.303. The van der Waals surface area contributed by atoms with Crippen LogP contribution in [0.3, 0.4) is 0 Å². The van der Waals surface area contributed by atoms with Crippen molar-refractivity contribution < 1.29 is 14.0 Å². The molecule has 124 valence electrons. The third-order valence-electron chi connectivity index (χ3n) is 4.62. The van der Waals surface area contributed by atoms with Gasteiger partial charge in [0.1, 0.15) is 5.82 Å². The number of thioether (sulfide) groups is 1. The third-order valence-corrected chi connectivity index (χ3v) is 5.94. The van der Waals surface area contributed by atoms with Gasteiger partial charge in [0.15, 0.2) is 0 Å². The number of imide groups is 1. The van der Waals surface area contributed by atoms with Crippen LogP contribution in [0.1, 0.15) is 49.8 Å². The fraction of sp³-hybridized carbons (Fsp3) is 0.529. The predicted octanol–water partition coefficient (Wildman–Crippen LogP) is 4.47. The van der Waals surface area contributed by atoms with Gasteiger partial charge < -0.3 is 5.32 Å². The second-order valence-electron chi connectivity index (χ2n) is 6.25. The fourth-order valence-electron chi connectivity index (χ4n) is 3.32. The summed E-state index contributed by atoms with van der Waals surface area (Å²) in [7, 11) is 0. The van der Waals surface area contributed by atoms with Crippen LogP contribution in [0, 0.1) is 5.82 Å². The molecule has 0 bridgehead atoms. The Labute approximate surface area is 139 Å². The van der Waals surface area contributed by atoms with Crippen LogP contribution in [0.5, 0.6) is 0 Å². The molecule has 1 heterocycles. The van der Waals surface area contributed by atoms with Crippen molar-refractivity contribution >= 4 is 23.0 Å². The summed E-state index contributed by atoms with van der Waals surface area (Å²) in [4.78, 5) is 26.1. The monoisotopic (exact) mass is 336 g/mol. The zero-order valence-electron chi connectivity index (χ0n) is 13.1. The number of hydrogen-bond acceptors (Lipinski definition) is 3. The number of benzene rings is 1. The highest BCUT2D eigenvalue weighted by molar-refractivity contribution is 8.14. The van der Waals surface area contributed by atoms with Gasteiger partial charge >= 0.3 is 6.03 Å². The summed E-state index contributed by atoms with van der Waals surface area (Å²) in [5.74, 6) is -0.303. The van der Waals surface area contributed by atoms with Crippen molar-refractivity contribution in [2.24, 2.45) is 0 Å². The van der Waals surface area contributed by atoms with Crippen molar-refractivity contribution in [3.8, 4) is 0 Å². The summed E-state index contributed by atoms with van der Waals surface area (Å²) in [6.45, 7) is 1.87. The van der Waals surface area contributed by atoms with Gasteiger partial charge in [-0.2, -0.15) is 0 Å². The second kappa shape index (κ2) is 6.91. The molecule has 3 amide bonds. The normalized spacial score (nSPS) is 25.7. The van der Waals surface area contributed by atoms with E-state index >= 15 is 0 Å². The molecule has 2 atom stereocenters. The Hall–Kier alpha value is -1.56. The number of amides is 3. The Morgan fingerprint density at radius 3 is 2.52 bits per heavy atom. The molecular weight excluding hydrogens is 315 g/mol. The maximum absolute atomic E-state index is 13.1. The molecule has 23 heavy (non-hydrogen) atoms. The first-order valence-electron chi connectivity index (χ1n) is 8.12. The lowest BCUT2D eigenvalue weighted by Gasteiger charge is -2.27. The average Bonchev–Trinajstić information content (AvgIpc) is 2.84. The maximum atomic E-state index is 13.1. The Bertz CT molecular complexity index is 587. The van der Waals surface area contributed by atoms with Gasteiger partial charge in [-0.05, 0) is 37.5 Å². The SMILES string of the molecule is CC1C(c2ccc(F)cc2)SC(=O)N1C(=O)NC1CCCCC1. The van der Waals surface area contributed by atoms with E-state index in [-0.39, 0.29) is 34.4 Å². The molecule has 2 fully saturated rings. The van der Waals surface area contributed by atoms with E-state index in [4.69, 9.17) is 0 Å². The summed E-state index contributed by atoms with van der Waals surface area (Å²) in [6.07, 6.45) is 5.43. The van der Waals surface area contributed by atoms with Crippen LogP contribution in [0.25, 0.3) is 0 Å². The van der Waals surface area contributed by atoms with E-state index in [2.05, 4.69) is 5.32 Å². The van der Waals surface area contributed by atoms with Crippen LogP contribution in [-0.4, -0.2) is 28.3 Å². The topological polar surface area (TPSA) is 49.4 Å². The lowest BCUT2D eigenvalue weighted by molar-refractivity contribution is 0.184. The molecule has 6 heteroatoms. The zero-order chi connectivity index (χ0) is 16.4. The number of halogens is 1. The molecule has 2 unspecified atom stereocenters. The molecule has 0 spiro atoms. The van der Waals surface area contributed by atoms with Crippen molar-refractivity contribution in [3.63, 3.8) is 0 Å². The largest absolute Gasteiger partial charge is 0.335 e. The van der Waals surface area contributed by atoms with E-state index in [9.17, 15) is 14.0 Å². The van der Waals surface area contributed by atoms with Crippen molar-refractivity contribution in [1.82, 2.24) is 10.2 Å². The molecule has 0 radical (unpaired) electrons. The summed E-state index contributed by atoms with van der Waals surface area (Å²) in [6, 6.07) is 5.76. The predicted molar refractivity (Wildman–Crippen MR) is 88.8 cm³/mol. The van der Waals surface area contributed by atoms with Gasteiger partial charge in [0.05, 0.1) is 11.3 Å². The number of nitrogens with one attached hydrogen (secondary N) is 1. The number of rotatable bonds is 2. The summed E-state index contributed by atoms with van der Waals surface area (Å²) in [5, 5.41) is 2.61. The van der Waals surface area contributed by atoms with Crippen LogP contribution < -0.4 is 5.32 Å². The lowest BCUT2D eigenvalue weighted by atomic mass is 9.96.